The zero-order valence-corrected chi connectivity index (χ0v) is 20.4. The smallest absolute Gasteiger partial charge is 0.313 e. The number of methoxy groups -OCH3 is 2. The number of esters is 1. The molecule has 0 aliphatic heterocycles. The number of carbonyl (C=O) groups is 3. The predicted molar refractivity (Wildman–Crippen MR) is 125 cm³/mol. The highest BCUT2D eigenvalue weighted by molar-refractivity contribution is 6.26. The van der Waals surface area contributed by atoms with Crippen LogP contribution in [0.2, 0.25) is 0 Å². The van der Waals surface area contributed by atoms with E-state index in [4.69, 9.17) is 16.3 Å². The monoisotopic (exact) mass is 457 g/mol. The SMILES string of the molecule is CCCCCCCC(C/C=C/CCC(=O)N(C)C/C(=C\Cl)CC(=O)CC(=O)OC)OC. The number of halogens is 1. The number of unbranched alkanes of at least 4 members (excludes halogenated alkanes) is 4. The Kier molecular flexibility index (Phi) is 18.0. The summed E-state index contributed by atoms with van der Waals surface area (Å²) in [7, 11) is 4.66. The highest BCUT2D eigenvalue weighted by atomic mass is 35.5. The second kappa shape index (κ2) is 19.1. The first kappa shape index (κ1) is 29.3. The maximum atomic E-state index is 12.3. The average molecular weight is 458 g/mol. The molecule has 0 fully saturated rings. The third-order valence-electron chi connectivity index (χ3n) is 5.07. The maximum Gasteiger partial charge on any atom is 0.313 e. The van der Waals surface area contributed by atoms with Crippen molar-refractivity contribution in [2.24, 2.45) is 0 Å². The summed E-state index contributed by atoms with van der Waals surface area (Å²) in [6.45, 7) is 2.47. The van der Waals surface area contributed by atoms with Crippen LogP contribution >= 0.6 is 11.6 Å². The number of carbonyl (C=O) groups excluding carboxylic acids is 3. The molecule has 0 spiro atoms. The molecule has 1 atom stereocenters. The minimum atomic E-state index is -0.581. The molecule has 0 aromatic carbocycles. The maximum absolute atomic E-state index is 12.3. The number of nitrogens with zero attached hydrogens (tertiary/aromatic N) is 1. The largest absolute Gasteiger partial charge is 0.469 e. The predicted octanol–water partition coefficient (Wildman–Crippen LogP) is 5.19. The van der Waals surface area contributed by atoms with Crippen LogP contribution in [0.1, 0.15) is 77.6 Å². The van der Waals surface area contributed by atoms with E-state index in [1.165, 1.54) is 44.7 Å². The molecule has 0 aromatic heterocycles. The first-order chi connectivity index (χ1) is 14.9. The molecule has 178 valence electrons. The molecule has 6 nitrogen and oxygen atoms in total. The number of amides is 1. The first-order valence-corrected chi connectivity index (χ1v) is 11.6. The van der Waals surface area contributed by atoms with Crippen LogP contribution in [0.4, 0.5) is 0 Å². The van der Waals surface area contributed by atoms with Crippen LogP contribution in [0, 0.1) is 0 Å². The number of ketones is 1. The van der Waals surface area contributed by atoms with Crippen LogP contribution in [0.3, 0.4) is 0 Å². The van der Waals surface area contributed by atoms with Crippen molar-refractivity contribution in [3.63, 3.8) is 0 Å². The van der Waals surface area contributed by atoms with Gasteiger partial charge in [0.15, 0.2) is 0 Å². The third kappa shape index (κ3) is 15.7. The van der Waals surface area contributed by atoms with Crippen molar-refractivity contribution in [2.75, 3.05) is 27.8 Å². The van der Waals surface area contributed by atoms with E-state index < -0.39 is 5.97 Å². The minimum Gasteiger partial charge on any atom is -0.469 e. The van der Waals surface area contributed by atoms with Gasteiger partial charge in [-0.1, -0.05) is 62.8 Å². The van der Waals surface area contributed by atoms with Gasteiger partial charge in [0, 0.05) is 39.1 Å². The van der Waals surface area contributed by atoms with Gasteiger partial charge in [0.1, 0.15) is 12.2 Å². The Bertz CT molecular complexity index is 589. The lowest BCUT2D eigenvalue weighted by Crippen LogP contribution is -2.29. The van der Waals surface area contributed by atoms with Crippen molar-refractivity contribution in [1.29, 1.82) is 0 Å². The van der Waals surface area contributed by atoms with E-state index in [0.717, 1.165) is 12.8 Å². The summed E-state index contributed by atoms with van der Waals surface area (Å²) < 4.78 is 10.0. The Morgan fingerprint density at radius 1 is 1.03 bits per heavy atom. The normalized spacial score (nSPS) is 12.7. The molecule has 0 aliphatic rings. The van der Waals surface area contributed by atoms with Crippen molar-refractivity contribution in [3.05, 3.63) is 23.3 Å². The summed E-state index contributed by atoms with van der Waals surface area (Å²) in [5.74, 6) is -0.900. The number of allylic oxidation sites excluding steroid dienone is 1. The van der Waals surface area contributed by atoms with Gasteiger partial charge in [-0.25, -0.2) is 0 Å². The van der Waals surface area contributed by atoms with Gasteiger partial charge in [-0.3, -0.25) is 14.4 Å². The topological polar surface area (TPSA) is 72.9 Å². The Morgan fingerprint density at radius 2 is 1.74 bits per heavy atom. The Balaban J connectivity index is 4.20. The number of likely N-dealkylation sites (N-methyl/N-ethyl adjacent to an activating group) is 1. The second-order valence-electron chi connectivity index (χ2n) is 7.79. The lowest BCUT2D eigenvalue weighted by Gasteiger charge is -2.18. The summed E-state index contributed by atoms with van der Waals surface area (Å²) in [4.78, 5) is 36.9. The van der Waals surface area contributed by atoms with E-state index in [9.17, 15) is 14.4 Å². The molecule has 0 N–H and O–H groups in total. The van der Waals surface area contributed by atoms with E-state index >= 15 is 0 Å². The fourth-order valence-corrected chi connectivity index (χ4v) is 3.29. The molecule has 7 heteroatoms. The summed E-state index contributed by atoms with van der Waals surface area (Å²) in [5, 5.41) is 0. The summed E-state index contributed by atoms with van der Waals surface area (Å²) in [6.07, 6.45) is 13.3. The molecule has 0 heterocycles. The highest BCUT2D eigenvalue weighted by Gasteiger charge is 2.15. The number of Topliss-reactive ketones (excluding diaryl/α,β-unsaturated/α-hetero) is 1. The van der Waals surface area contributed by atoms with Gasteiger partial charge >= 0.3 is 5.97 Å². The van der Waals surface area contributed by atoms with E-state index in [1.54, 1.807) is 19.1 Å². The lowest BCUT2D eigenvalue weighted by molar-refractivity contribution is -0.143. The summed E-state index contributed by atoms with van der Waals surface area (Å²) in [5.41, 5.74) is 1.88. The Hall–Kier alpha value is -1.66. The summed E-state index contributed by atoms with van der Waals surface area (Å²) >= 11 is 5.79. The van der Waals surface area contributed by atoms with Crippen LogP contribution in [0.5, 0.6) is 0 Å². The van der Waals surface area contributed by atoms with Gasteiger partial charge in [-0.15, -0.1) is 0 Å². The lowest BCUT2D eigenvalue weighted by atomic mass is 10.1. The zero-order chi connectivity index (χ0) is 23.5. The van der Waals surface area contributed by atoms with Crippen LogP contribution in [-0.2, 0) is 23.9 Å². The average Bonchev–Trinajstić information content (AvgIpc) is 2.76. The first-order valence-electron chi connectivity index (χ1n) is 11.2. The molecule has 0 saturated carbocycles. The fourth-order valence-electron chi connectivity index (χ4n) is 3.14. The standard InChI is InChI=1S/C24H40ClNO5/c1-5-6-7-8-10-13-22(30-3)14-11-9-12-15-23(28)26(2)19-20(18-25)16-21(27)17-24(29)31-4/h9,11,18,22H,5-8,10,12-17,19H2,1-4H3/b11-9+,20-18-. The molecule has 0 saturated heterocycles. The second-order valence-corrected chi connectivity index (χ2v) is 8.01. The third-order valence-corrected chi connectivity index (χ3v) is 5.38. The number of hydrogen-bond acceptors (Lipinski definition) is 5. The van der Waals surface area contributed by atoms with Crippen LogP contribution in [0.15, 0.2) is 23.3 Å². The van der Waals surface area contributed by atoms with E-state index in [-0.39, 0.29) is 37.2 Å². The molecule has 31 heavy (non-hydrogen) atoms. The van der Waals surface area contributed by atoms with Gasteiger partial charge in [-0.05, 0) is 24.8 Å². The molecule has 0 bridgehead atoms. The van der Waals surface area contributed by atoms with E-state index in [0.29, 0.717) is 18.4 Å². The summed E-state index contributed by atoms with van der Waals surface area (Å²) in [6, 6.07) is 0. The molecule has 0 aromatic rings. The van der Waals surface area contributed by atoms with Gasteiger partial charge in [0.2, 0.25) is 5.91 Å². The number of rotatable bonds is 18. The number of hydrogen-bond donors (Lipinski definition) is 0. The van der Waals surface area contributed by atoms with Gasteiger partial charge in [-0.2, -0.15) is 0 Å². The van der Waals surface area contributed by atoms with Crippen molar-refractivity contribution >= 4 is 29.3 Å². The molecule has 1 unspecified atom stereocenters. The molecule has 0 radical (unpaired) electrons. The molecular formula is C24H40ClNO5. The Morgan fingerprint density at radius 3 is 2.35 bits per heavy atom. The number of ether oxygens (including phenoxy) is 2. The van der Waals surface area contributed by atoms with Crippen molar-refractivity contribution in [3.8, 4) is 0 Å². The Labute approximate surface area is 193 Å². The van der Waals surface area contributed by atoms with Crippen LogP contribution in [0.25, 0.3) is 0 Å². The van der Waals surface area contributed by atoms with Crippen molar-refractivity contribution < 1.29 is 23.9 Å². The molecule has 0 rings (SSSR count). The fraction of sp³-hybridized carbons (Fsp3) is 0.708. The zero-order valence-electron chi connectivity index (χ0n) is 19.7. The minimum absolute atomic E-state index is 0.0208. The van der Waals surface area contributed by atoms with E-state index in [1.807, 2.05) is 6.08 Å². The quantitative estimate of drug-likeness (QED) is 0.122. The van der Waals surface area contributed by atoms with Crippen molar-refractivity contribution in [2.45, 2.75) is 83.7 Å². The van der Waals surface area contributed by atoms with Crippen LogP contribution < -0.4 is 0 Å². The molecular weight excluding hydrogens is 418 g/mol. The van der Waals surface area contributed by atoms with Crippen LogP contribution in [-0.4, -0.2) is 56.5 Å². The van der Waals surface area contributed by atoms with Crippen molar-refractivity contribution in [1.82, 2.24) is 4.90 Å². The van der Waals surface area contributed by atoms with Gasteiger partial charge < -0.3 is 14.4 Å². The molecule has 0 aliphatic carbocycles. The van der Waals surface area contributed by atoms with E-state index in [2.05, 4.69) is 17.7 Å². The highest BCUT2D eigenvalue weighted by Crippen LogP contribution is 2.13. The van der Waals surface area contributed by atoms with Gasteiger partial charge in [0.05, 0.1) is 13.2 Å². The van der Waals surface area contributed by atoms with Gasteiger partial charge in [0.25, 0.3) is 0 Å². The molecule has 1 amide bonds.